The first-order valence-corrected chi connectivity index (χ1v) is 4.85. The lowest BCUT2D eigenvalue weighted by atomic mass is 10.1. The molecule has 9 heteroatoms. The summed E-state index contributed by atoms with van der Waals surface area (Å²) in [5, 5.41) is -1.44. The average Bonchev–Trinajstić information content (AvgIpc) is 2.25. The fourth-order valence-electron chi connectivity index (χ4n) is 1.29. The summed E-state index contributed by atoms with van der Waals surface area (Å²) >= 11 is 4.96. The largest absolute Gasteiger partial charge is 0.418 e. The summed E-state index contributed by atoms with van der Waals surface area (Å²) in [7, 11) is 0. The molecule has 0 amide bonds. The summed E-state index contributed by atoms with van der Waals surface area (Å²) < 4.78 is 62.8. The molecule has 1 aromatic heterocycles. The van der Waals surface area contributed by atoms with Crippen molar-refractivity contribution in [2.24, 2.45) is 5.73 Å². The van der Waals surface area contributed by atoms with Crippen molar-refractivity contribution in [2.45, 2.75) is 19.1 Å². The van der Waals surface area contributed by atoms with Crippen molar-refractivity contribution in [2.75, 3.05) is 0 Å². The van der Waals surface area contributed by atoms with E-state index in [2.05, 4.69) is 4.98 Å². The number of aromatic nitrogens is 1. The lowest BCUT2D eigenvalue weighted by Crippen LogP contribution is -2.17. The van der Waals surface area contributed by atoms with Crippen molar-refractivity contribution in [3.8, 4) is 0 Å². The van der Waals surface area contributed by atoms with Crippen LogP contribution in [0.1, 0.15) is 33.7 Å². The van der Waals surface area contributed by atoms with Gasteiger partial charge in [0, 0.05) is 6.54 Å². The van der Waals surface area contributed by atoms with Gasteiger partial charge in [-0.2, -0.15) is 13.2 Å². The summed E-state index contributed by atoms with van der Waals surface area (Å²) in [6, 6.07) is 0.242. The molecule has 0 fully saturated rings. The van der Waals surface area contributed by atoms with E-state index in [4.69, 9.17) is 17.3 Å². The van der Waals surface area contributed by atoms with Gasteiger partial charge in [-0.05, 0) is 17.7 Å². The lowest BCUT2D eigenvalue weighted by molar-refractivity contribution is -0.138. The fourth-order valence-corrected chi connectivity index (χ4v) is 1.44. The van der Waals surface area contributed by atoms with Gasteiger partial charge in [0.2, 0.25) is 0 Å². The van der Waals surface area contributed by atoms with Gasteiger partial charge in [-0.25, -0.2) is 13.8 Å². The monoisotopic (exact) mass is 288 g/mol. The molecule has 0 saturated heterocycles. The molecule has 0 atom stereocenters. The molecular weight excluding hydrogens is 283 g/mol. The predicted molar refractivity (Wildman–Crippen MR) is 52.3 cm³/mol. The number of hydrogen-bond acceptors (Lipinski definition) is 3. The Morgan fingerprint density at radius 3 is 2.33 bits per heavy atom. The summed E-state index contributed by atoms with van der Waals surface area (Å²) in [6.07, 6.45) is -8.08. The zero-order chi connectivity index (χ0) is 14.1. The third-order valence-electron chi connectivity index (χ3n) is 2.05. The van der Waals surface area contributed by atoms with Crippen molar-refractivity contribution in [3.05, 3.63) is 28.6 Å². The molecule has 2 N–H and O–H groups in total. The van der Waals surface area contributed by atoms with Gasteiger partial charge < -0.3 is 5.73 Å². The quantitative estimate of drug-likeness (QED) is 0.687. The zero-order valence-corrected chi connectivity index (χ0v) is 9.32. The Morgan fingerprint density at radius 1 is 1.44 bits per heavy atom. The summed E-state index contributed by atoms with van der Waals surface area (Å²) in [6.45, 7) is -0.689. The van der Waals surface area contributed by atoms with E-state index in [0.717, 1.165) is 0 Å². The Morgan fingerprint density at radius 2 is 2.00 bits per heavy atom. The molecule has 0 bridgehead atoms. The van der Waals surface area contributed by atoms with Crippen LogP contribution in [-0.4, -0.2) is 10.2 Å². The van der Waals surface area contributed by atoms with E-state index in [9.17, 15) is 26.7 Å². The molecule has 0 aliphatic heterocycles. The molecular formula is C9H6ClF5N2O. The minimum Gasteiger partial charge on any atom is -0.325 e. The molecule has 0 radical (unpaired) electrons. The third-order valence-corrected chi connectivity index (χ3v) is 2.25. The van der Waals surface area contributed by atoms with Crippen LogP contribution in [0.2, 0.25) is 0 Å². The Hall–Kier alpha value is -1.28. The number of hydrogen-bond donors (Lipinski definition) is 1. The molecule has 1 rings (SSSR count). The number of carbonyl (C=O) groups excluding carboxylic acids is 1. The van der Waals surface area contributed by atoms with Gasteiger partial charge in [0.25, 0.3) is 11.7 Å². The molecule has 1 aromatic rings. The maximum atomic E-state index is 12.6. The van der Waals surface area contributed by atoms with E-state index < -0.39 is 46.9 Å². The van der Waals surface area contributed by atoms with Crippen molar-refractivity contribution < 1.29 is 26.7 Å². The Balaban J connectivity index is 3.57. The lowest BCUT2D eigenvalue weighted by Gasteiger charge is -2.14. The topological polar surface area (TPSA) is 56.0 Å². The van der Waals surface area contributed by atoms with Crippen molar-refractivity contribution >= 4 is 16.8 Å². The zero-order valence-electron chi connectivity index (χ0n) is 8.56. The van der Waals surface area contributed by atoms with Crippen molar-refractivity contribution in [1.29, 1.82) is 0 Å². The highest BCUT2D eigenvalue weighted by Crippen LogP contribution is 2.34. The average molecular weight is 289 g/mol. The van der Waals surface area contributed by atoms with Gasteiger partial charge in [-0.1, -0.05) is 0 Å². The number of nitrogens with two attached hydrogens (primary N) is 1. The number of alkyl halides is 5. The number of pyridine rings is 1. The van der Waals surface area contributed by atoms with Gasteiger partial charge in [-0.15, -0.1) is 0 Å². The van der Waals surface area contributed by atoms with Gasteiger partial charge in [0.05, 0.1) is 16.8 Å². The van der Waals surface area contributed by atoms with Crippen LogP contribution in [0.3, 0.4) is 0 Å². The Labute approximate surface area is 103 Å². The maximum Gasteiger partial charge on any atom is 0.418 e. The van der Waals surface area contributed by atoms with E-state index in [1.165, 1.54) is 0 Å². The van der Waals surface area contributed by atoms with E-state index in [1.54, 1.807) is 0 Å². The standard InChI is InChI=1S/C9H6ClF5N2O/c10-7(18)3-1-4(9(13,14)15)5(2-16)17-6(3)8(11)12/h1,8H,2,16H2. The molecule has 18 heavy (non-hydrogen) atoms. The van der Waals surface area contributed by atoms with Crippen LogP contribution in [-0.2, 0) is 12.7 Å². The predicted octanol–water partition coefficient (Wildman–Crippen LogP) is 2.88. The molecule has 0 aromatic carbocycles. The van der Waals surface area contributed by atoms with Crippen molar-refractivity contribution in [3.63, 3.8) is 0 Å². The summed E-state index contributed by atoms with van der Waals surface area (Å²) in [5.41, 5.74) is 0.820. The van der Waals surface area contributed by atoms with Crippen LogP contribution < -0.4 is 5.73 Å². The normalized spacial score (nSPS) is 12.0. The highest BCUT2D eigenvalue weighted by molar-refractivity contribution is 6.67. The second-order valence-electron chi connectivity index (χ2n) is 3.19. The minimum atomic E-state index is -4.86. The molecule has 100 valence electrons. The molecule has 3 nitrogen and oxygen atoms in total. The molecule has 0 saturated carbocycles. The van der Waals surface area contributed by atoms with Crippen LogP contribution in [0.4, 0.5) is 22.0 Å². The van der Waals surface area contributed by atoms with Crippen LogP contribution >= 0.6 is 11.6 Å². The second-order valence-corrected chi connectivity index (χ2v) is 3.53. The van der Waals surface area contributed by atoms with Gasteiger partial charge in [-0.3, -0.25) is 4.79 Å². The highest BCUT2D eigenvalue weighted by Gasteiger charge is 2.36. The first-order chi connectivity index (χ1) is 8.18. The molecule has 0 aliphatic rings. The first kappa shape index (κ1) is 14.8. The van der Waals surface area contributed by atoms with Crippen LogP contribution in [0, 0.1) is 0 Å². The Kier molecular flexibility index (Phi) is 4.23. The smallest absolute Gasteiger partial charge is 0.325 e. The van der Waals surface area contributed by atoms with E-state index >= 15 is 0 Å². The number of halogens is 6. The molecule has 0 spiro atoms. The van der Waals surface area contributed by atoms with Crippen LogP contribution in [0.5, 0.6) is 0 Å². The van der Waals surface area contributed by atoms with E-state index in [-0.39, 0.29) is 6.07 Å². The van der Waals surface area contributed by atoms with Gasteiger partial charge in [0.1, 0.15) is 5.69 Å². The minimum absolute atomic E-state index is 0.242. The first-order valence-electron chi connectivity index (χ1n) is 4.47. The molecule has 1 heterocycles. The van der Waals surface area contributed by atoms with E-state index in [1.807, 2.05) is 0 Å². The second kappa shape index (κ2) is 5.15. The number of rotatable bonds is 3. The summed E-state index contributed by atoms with van der Waals surface area (Å²) in [5.74, 6) is 0. The fraction of sp³-hybridized carbons (Fsp3) is 0.333. The molecule has 0 unspecified atom stereocenters. The van der Waals surface area contributed by atoms with Gasteiger partial charge in [0.15, 0.2) is 0 Å². The Bertz CT molecular complexity index is 475. The number of carbonyl (C=O) groups is 1. The molecule has 0 aliphatic carbocycles. The van der Waals surface area contributed by atoms with Crippen LogP contribution in [0.15, 0.2) is 6.07 Å². The van der Waals surface area contributed by atoms with Crippen molar-refractivity contribution in [1.82, 2.24) is 4.98 Å². The summed E-state index contributed by atoms with van der Waals surface area (Å²) in [4.78, 5) is 13.9. The SMILES string of the molecule is NCc1nc(C(F)F)c(C(=O)Cl)cc1C(F)(F)F. The van der Waals surface area contributed by atoms with E-state index in [0.29, 0.717) is 0 Å². The maximum absolute atomic E-state index is 12.6. The van der Waals surface area contributed by atoms with Gasteiger partial charge >= 0.3 is 6.18 Å². The highest BCUT2D eigenvalue weighted by atomic mass is 35.5. The van der Waals surface area contributed by atoms with Crippen LogP contribution in [0.25, 0.3) is 0 Å². The third kappa shape index (κ3) is 2.94. The number of nitrogens with zero attached hydrogens (tertiary/aromatic N) is 1.